The molecule has 0 aromatic carbocycles. The van der Waals surface area contributed by atoms with Crippen LogP contribution in [0.5, 0.6) is 0 Å². The van der Waals surface area contributed by atoms with Crippen LogP contribution in [0.1, 0.15) is 13.3 Å². The lowest BCUT2D eigenvalue weighted by Gasteiger charge is -2.16. The van der Waals surface area contributed by atoms with Crippen molar-refractivity contribution in [2.24, 2.45) is 0 Å². The highest BCUT2D eigenvalue weighted by Crippen LogP contribution is 2.26. The van der Waals surface area contributed by atoms with Crippen LogP contribution in [0.4, 0.5) is 0 Å². The van der Waals surface area contributed by atoms with Gasteiger partial charge in [0.15, 0.2) is 0 Å². The molecule has 0 radical (unpaired) electrons. The number of allylic oxidation sites excluding steroid dienone is 4. The Hall–Kier alpha value is -0.0400. The van der Waals surface area contributed by atoms with Crippen molar-refractivity contribution < 1.29 is 0 Å². The van der Waals surface area contributed by atoms with Crippen molar-refractivity contribution in [2.75, 3.05) is 0 Å². The molecule has 0 fully saturated rings. The highest BCUT2D eigenvalue weighted by Gasteiger charge is 2.14. The second-order valence-corrected chi connectivity index (χ2v) is 4.08. The van der Waals surface area contributed by atoms with Crippen molar-refractivity contribution in [3.63, 3.8) is 0 Å². The fourth-order valence-electron chi connectivity index (χ4n) is 0.701. The van der Waals surface area contributed by atoms with Crippen molar-refractivity contribution in [1.29, 1.82) is 0 Å². The van der Waals surface area contributed by atoms with Gasteiger partial charge in [0.25, 0.3) is 0 Å². The van der Waals surface area contributed by atoms with Crippen LogP contribution in [0.15, 0.2) is 24.3 Å². The highest BCUT2D eigenvalue weighted by molar-refractivity contribution is 9.10. The van der Waals surface area contributed by atoms with Gasteiger partial charge in [-0.15, -0.1) is 0 Å². The normalized spacial score (nSPS) is 35.8. The molecule has 0 nitrogen and oxygen atoms in total. The molecule has 1 rings (SSSR count). The Balaban J connectivity index is 2.65. The molecule has 1 aliphatic carbocycles. The molecule has 0 aliphatic heterocycles. The lowest BCUT2D eigenvalue weighted by molar-refractivity contribution is 0.816. The van der Waals surface area contributed by atoms with E-state index in [4.69, 9.17) is 0 Å². The van der Waals surface area contributed by atoms with E-state index >= 15 is 0 Å². The van der Waals surface area contributed by atoms with Gasteiger partial charge < -0.3 is 0 Å². The molecule has 44 valence electrons. The van der Waals surface area contributed by atoms with Crippen molar-refractivity contribution in [3.05, 3.63) is 24.3 Å². The fourth-order valence-corrected chi connectivity index (χ4v) is 1.04. The van der Waals surface area contributed by atoms with Gasteiger partial charge in [-0.05, 0) is 13.3 Å². The summed E-state index contributed by atoms with van der Waals surface area (Å²) in [7, 11) is 0. The van der Waals surface area contributed by atoms with Gasteiger partial charge in [0.1, 0.15) is 0 Å². The zero-order valence-electron chi connectivity index (χ0n) is 4.89. The van der Waals surface area contributed by atoms with Crippen molar-refractivity contribution in [1.82, 2.24) is 0 Å². The quantitative estimate of drug-likeness (QED) is 0.494. The molecule has 1 aliphatic rings. The maximum Gasteiger partial charge on any atom is 0.0446 e. The van der Waals surface area contributed by atoms with Crippen LogP contribution in [0.25, 0.3) is 0 Å². The molecule has 8 heavy (non-hydrogen) atoms. The number of hydrogen-bond donors (Lipinski definition) is 0. The average Bonchev–Trinajstić information content (AvgIpc) is 1.65. The molecule has 0 aromatic rings. The van der Waals surface area contributed by atoms with E-state index in [2.05, 4.69) is 47.2 Å². The first-order valence-electron chi connectivity index (χ1n) is 2.74. The predicted octanol–water partition coefficient (Wildman–Crippen LogP) is 2.66. The Morgan fingerprint density at radius 1 is 1.50 bits per heavy atom. The van der Waals surface area contributed by atoms with Gasteiger partial charge >= 0.3 is 0 Å². The largest absolute Gasteiger partial charge is 0.0828 e. The number of hydrogen-bond acceptors (Lipinski definition) is 0. The molecule has 1 unspecified atom stereocenters. The molecule has 0 saturated carbocycles. The van der Waals surface area contributed by atoms with E-state index in [1.54, 1.807) is 0 Å². The van der Waals surface area contributed by atoms with Crippen LogP contribution >= 0.6 is 15.9 Å². The maximum absolute atomic E-state index is 3.55. The van der Waals surface area contributed by atoms with E-state index in [0.717, 1.165) is 6.42 Å². The van der Waals surface area contributed by atoms with Gasteiger partial charge in [0.2, 0.25) is 0 Å². The summed E-state index contributed by atoms with van der Waals surface area (Å²) >= 11 is 3.55. The average molecular weight is 173 g/mol. The monoisotopic (exact) mass is 172 g/mol. The molecule has 0 aromatic heterocycles. The zero-order chi connectivity index (χ0) is 6.04. The summed E-state index contributed by atoms with van der Waals surface area (Å²) < 4.78 is 0.224. The van der Waals surface area contributed by atoms with Crippen LogP contribution in [0.3, 0.4) is 0 Å². The topological polar surface area (TPSA) is 0 Å². The molecular weight excluding hydrogens is 164 g/mol. The van der Waals surface area contributed by atoms with Crippen molar-refractivity contribution in [3.8, 4) is 0 Å². The molecule has 0 spiro atoms. The lowest BCUT2D eigenvalue weighted by Crippen LogP contribution is -2.10. The van der Waals surface area contributed by atoms with Gasteiger partial charge in [-0.2, -0.15) is 0 Å². The first-order chi connectivity index (χ1) is 3.71. The molecule has 0 heterocycles. The summed E-state index contributed by atoms with van der Waals surface area (Å²) in [6.07, 6.45) is 9.56. The standard InChI is InChI=1S/C7H9Br/c1-7(8)5-3-2-4-6-7/h2-5H,6H2,1H3. The Labute approximate surface area is 58.4 Å². The van der Waals surface area contributed by atoms with Crippen LogP contribution in [0.2, 0.25) is 0 Å². The van der Waals surface area contributed by atoms with Crippen LogP contribution < -0.4 is 0 Å². The first-order valence-corrected chi connectivity index (χ1v) is 3.53. The summed E-state index contributed by atoms with van der Waals surface area (Å²) in [5.74, 6) is 0. The molecular formula is C7H9Br. The van der Waals surface area contributed by atoms with E-state index in [9.17, 15) is 0 Å². The molecule has 1 heteroatoms. The summed E-state index contributed by atoms with van der Waals surface area (Å²) in [5.41, 5.74) is 0. The minimum atomic E-state index is 0.224. The molecule has 0 amide bonds. The zero-order valence-corrected chi connectivity index (χ0v) is 6.48. The fraction of sp³-hybridized carbons (Fsp3) is 0.429. The van der Waals surface area contributed by atoms with Gasteiger partial charge in [-0.3, -0.25) is 0 Å². The first kappa shape index (κ1) is 6.09. The Morgan fingerprint density at radius 2 is 2.25 bits per heavy atom. The van der Waals surface area contributed by atoms with Crippen LogP contribution in [-0.4, -0.2) is 4.32 Å². The lowest BCUT2D eigenvalue weighted by atomic mass is 10.0. The number of alkyl halides is 1. The third kappa shape index (κ3) is 1.48. The predicted molar refractivity (Wildman–Crippen MR) is 40.2 cm³/mol. The van der Waals surface area contributed by atoms with Crippen molar-refractivity contribution in [2.45, 2.75) is 17.7 Å². The third-order valence-corrected chi connectivity index (χ3v) is 1.80. The molecule has 0 saturated heterocycles. The highest BCUT2D eigenvalue weighted by atomic mass is 79.9. The van der Waals surface area contributed by atoms with E-state index in [-0.39, 0.29) is 4.32 Å². The second-order valence-electron chi connectivity index (χ2n) is 2.27. The van der Waals surface area contributed by atoms with Gasteiger partial charge in [-0.1, -0.05) is 40.2 Å². The third-order valence-electron chi connectivity index (χ3n) is 1.21. The minimum Gasteiger partial charge on any atom is -0.0828 e. The summed E-state index contributed by atoms with van der Waals surface area (Å²) in [4.78, 5) is 0. The second kappa shape index (κ2) is 2.06. The Morgan fingerprint density at radius 3 is 2.50 bits per heavy atom. The van der Waals surface area contributed by atoms with Gasteiger partial charge in [0, 0.05) is 4.32 Å². The number of rotatable bonds is 0. The Bertz CT molecular complexity index is 131. The summed E-state index contributed by atoms with van der Waals surface area (Å²) in [6.45, 7) is 2.16. The molecule has 0 bridgehead atoms. The maximum atomic E-state index is 3.55. The SMILES string of the molecule is CC1(Br)C=CC=CC1. The smallest absolute Gasteiger partial charge is 0.0446 e. The molecule has 0 N–H and O–H groups in total. The van der Waals surface area contributed by atoms with Crippen LogP contribution in [0, 0.1) is 0 Å². The molecule has 1 atom stereocenters. The van der Waals surface area contributed by atoms with E-state index in [0.29, 0.717) is 0 Å². The van der Waals surface area contributed by atoms with Crippen LogP contribution in [-0.2, 0) is 0 Å². The van der Waals surface area contributed by atoms with Gasteiger partial charge in [0.05, 0.1) is 0 Å². The summed E-state index contributed by atoms with van der Waals surface area (Å²) in [6, 6.07) is 0. The summed E-state index contributed by atoms with van der Waals surface area (Å²) in [5, 5.41) is 0. The van der Waals surface area contributed by atoms with Gasteiger partial charge in [-0.25, -0.2) is 0 Å². The van der Waals surface area contributed by atoms with E-state index in [1.807, 2.05) is 0 Å². The number of halogens is 1. The minimum absolute atomic E-state index is 0.224. The van der Waals surface area contributed by atoms with E-state index < -0.39 is 0 Å². The van der Waals surface area contributed by atoms with E-state index in [1.165, 1.54) is 0 Å². The van der Waals surface area contributed by atoms with Crippen molar-refractivity contribution >= 4 is 15.9 Å². The Kier molecular flexibility index (Phi) is 1.57.